The highest BCUT2D eigenvalue weighted by Crippen LogP contribution is 2.69. The molecule has 4 nitrogen and oxygen atoms in total. The Bertz CT molecular complexity index is 852. The normalized spacial score (nSPS) is 38.2. The van der Waals surface area contributed by atoms with Crippen molar-refractivity contribution in [2.45, 2.75) is 85.5 Å². The molecule has 1 aromatic rings. The molecule has 3 aliphatic carbocycles. The Balaban J connectivity index is 1.68. The maximum Gasteiger partial charge on any atom is 0.195 e. The Kier molecular flexibility index (Phi) is 6.28. The number of hydrogen-bond acceptors (Lipinski definition) is 2. The molecular weight excluding hydrogens is 394 g/mol. The second-order valence-corrected chi connectivity index (χ2v) is 12.3. The molecule has 0 aromatic carbocycles. The van der Waals surface area contributed by atoms with Crippen LogP contribution in [0.15, 0.2) is 39.8 Å². The smallest absolute Gasteiger partial charge is 0.195 e. The summed E-state index contributed by atoms with van der Waals surface area (Å²) in [7, 11) is 3.91. The molecule has 4 heteroatoms. The lowest BCUT2D eigenvalue weighted by Gasteiger charge is -2.66. The van der Waals surface area contributed by atoms with Gasteiger partial charge in [0.25, 0.3) is 0 Å². The van der Waals surface area contributed by atoms with E-state index >= 15 is 0 Å². The minimum atomic E-state index is 0.328. The number of nitrogens with two attached hydrogens (primary N) is 1. The Morgan fingerprint density at radius 1 is 1.12 bits per heavy atom. The highest BCUT2D eigenvalue weighted by Gasteiger charge is 2.61. The summed E-state index contributed by atoms with van der Waals surface area (Å²) < 4.78 is 5.37. The predicted molar refractivity (Wildman–Crippen MR) is 133 cm³/mol. The highest BCUT2D eigenvalue weighted by atomic mass is 16.3. The van der Waals surface area contributed by atoms with Crippen molar-refractivity contribution in [3.05, 3.63) is 35.9 Å². The Morgan fingerprint density at radius 3 is 2.59 bits per heavy atom. The van der Waals surface area contributed by atoms with Gasteiger partial charge in [-0.05, 0) is 103 Å². The van der Waals surface area contributed by atoms with E-state index < -0.39 is 0 Å². The minimum Gasteiger partial charge on any atom is -0.472 e. The van der Waals surface area contributed by atoms with E-state index in [9.17, 15) is 0 Å². The van der Waals surface area contributed by atoms with Crippen molar-refractivity contribution in [2.75, 3.05) is 14.1 Å². The summed E-state index contributed by atoms with van der Waals surface area (Å²) in [5.41, 5.74) is 10.2. The van der Waals surface area contributed by atoms with Gasteiger partial charge in [0.15, 0.2) is 5.96 Å². The zero-order chi connectivity index (χ0) is 23.1. The molecule has 1 aromatic heterocycles. The van der Waals surface area contributed by atoms with E-state index in [4.69, 9.17) is 10.2 Å². The van der Waals surface area contributed by atoms with Gasteiger partial charge in [0.1, 0.15) is 0 Å². The fourth-order valence-corrected chi connectivity index (χ4v) is 8.35. The van der Waals surface area contributed by atoms with Crippen LogP contribution in [0, 0.1) is 34.0 Å². The number of aryl methyl sites for hydroxylation is 1. The van der Waals surface area contributed by atoms with E-state index in [1.54, 1.807) is 6.26 Å². The van der Waals surface area contributed by atoms with Gasteiger partial charge in [-0.15, -0.1) is 0 Å². The molecule has 0 amide bonds. The van der Waals surface area contributed by atoms with Crippen molar-refractivity contribution >= 4 is 5.96 Å². The van der Waals surface area contributed by atoms with E-state index in [1.165, 1.54) is 56.1 Å². The van der Waals surface area contributed by atoms with Gasteiger partial charge in [-0.3, -0.25) is 0 Å². The summed E-state index contributed by atoms with van der Waals surface area (Å²) in [4.78, 5) is 6.56. The summed E-state index contributed by atoms with van der Waals surface area (Å²) in [5, 5.41) is 0. The summed E-state index contributed by atoms with van der Waals surface area (Å²) >= 11 is 0. The maximum absolute atomic E-state index is 6.15. The first-order chi connectivity index (χ1) is 15.1. The first-order valence-electron chi connectivity index (χ1n) is 12.8. The Hall–Kier alpha value is -1.71. The molecule has 2 N–H and O–H groups in total. The van der Waals surface area contributed by atoms with Crippen LogP contribution in [0.2, 0.25) is 0 Å². The van der Waals surface area contributed by atoms with Crippen LogP contribution in [0.1, 0.15) is 84.6 Å². The highest BCUT2D eigenvalue weighted by molar-refractivity contribution is 5.78. The van der Waals surface area contributed by atoms with Crippen molar-refractivity contribution < 1.29 is 4.42 Å². The van der Waals surface area contributed by atoms with Crippen molar-refractivity contribution in [1.82, 2.24) is 4.90 Å². The number of rotatable bonds is 4. The summed E-state index contributed by atoms with van der Waals surface area (Å²) in [5.74, 6) is 2.78. The van der Waals surface area contributed by atoms with Crippen molar-refractivity contribution in [2.24, 2.45) is 44.7 Å². The summed E-state index contributed by atoms with van der Waals surface area (Å²) in [6, 6.07) is 2.12. The van der Waals surface area contributed by atoms with Gasteiger partial charge in [-0.2, -0.15) is 0 Å². The Morgan fingerprint density at radius 2 is 1.91 bits per heavy atom. The van der Waals surface area contributed by atoms with E-state index in [1.807, 2.05) is 25.3 Å². The predicted octanol–water partition coefficient (Wildman–Crippen LogP) is 6.63. The van der Waals surface area contributed by atoms with Gasteiger partial charge in [-0.1, -0.05) is 34.1 Å². The lowest BCUT2D eigenvalue weighted by atomic mass is 9.39. The number of allylic oxidation sites excluding steroid dienone is 1. The zero-order valence-electron chi connectivity index (χ0n) is 21.3. The third-order valence-corrected chi connectivity index (χ3v) is 9.93. The largest absolute Gasteiger partial charge is 0.472 e. The van der Waals surface area contributed by atoms with Crippen molar-refractivity contribution in [3.8, 4) is 0 Å². The molecule has 178 valence electrons. The second kappa shape index (κ2) is 8.57. The Labute approximate surface area is 195 Å². The van der Waals surface area contributed by atoms with Crippen LogP contribution >= 0.6 is 0 Å². The molecule has 3 aliphatic rings. The summed E-state index contributed by atoms with van der Waals surface area (Å²) in [6.45, 7) is 10.4. The molecule has 32 heavy (non-hydrogen) atoms. The van der Waals surface area contributed by atoms with Gasteiger partial charge < -0.3 is 15.1 Å². The van der Waals surface area contributed by atoms with Gasteiger partial charge >= 0.3 is 0 Å². The molecule has 0 radical (unpaired) electrons. The average Bonchev–Trinajstić information content (AvgIpc) is 3.23. The van der Waals surface area contributed by atoms with E-state index in [0.29, 0.717) is 28.1 Å². The van der Waals surface area contributed by atoms with Crippen LogP contribution in [0.5, 0.6) is 0 Å². The summed E-state index contributed by atoms with van der Waals surface area (Å²) in [6.07, 6.45) is 17.4. The molecule has 0 bridgehead atoms. The zero-order valence-corrected chi connectivity index (χ0v) is 21.3. The van der Waals surface area contributed by atoms with Crippen LogP contribution in [0.3, 0.4) is 0 Å². The SMILES string of the molecule is CN(C)C(N)=NC=C1CC[C@H]2[C@](C)(CC[C@H]3C(C)(C)CCC[C@]23C)[C@@H]1CCc1ccoc1. The van der Waals surface area contributed by atoms with Crippen LogP contribution in [0.25, 0.3) is 0 Å². The molecule has 1 heterocycles. The fraction of sp³-hybridized carbons (Fsp3) is 0.750. The molecular formula is C28H45N3O. The van der Waals surface area contributed by atoms with Gasteiger partial charge in [0.2, 0.25) is 0 Å². The number of fused-ring (bicyclic) bond motifs is 3. The van der Waals surface area contributed by atoms with Gasteiger partial charge in [0.05, 0.1) is 12.5 Å². The number of aliphatic imine (C=N–C) groups is 1. The topological polar surface area (TPSA) is 54.8 Å². The van der Waals surface area contributed by atoms with E-state index in [2.05, 4.69) is 45.0 Å². The van der Waals surface area contributed by atoms with Gasteiger partial charge in [0, 0.05) is 20.3 Å². The molecule has 0 spiro atoms. The molecule has 3 saturated carbocycles. The van der Waals surface area contributed by atoms with E-state index in [-0.39, 0.29) is 0 Å². The molecule has 4 rings (SSSR count). The van der Waals surface area contributed by atoms with Crippen LogP contribution < -0.4 is 5.73 Å². The molecule has 3 fully saturated rings. The molecule has 0 aliphatic heterocycles. The first kappa shape index (κ1) is 23.4. The standard InChI is InChI=1S/C28H45N3O/c1-26(2)14-7-15-28(4)23(26)12-16-27(3)22(10-8-20-13-17-32-19-20)21(9-11-24(27)28)18-30-25(29)31(5)6/h13,17-19,22-24H,7-12,14-16H2,1-6H3,(H2,29,30)/t22-,23+,24+,27-,28+/m1/s1. The average molecular weight is 440 g/mol. The molecule has 0 unspecified atom stereocenters. The number of guanidine groups is 1. The minimum absolute atomic E-state index is 0.328. The second-order valence-electron chi connectivity index (χ2n) is 12.3. The fourth-order valence-electron chi connectivity index (χ4n) is 8.35. The number of nitrogens with zero attached hydrogens (tertiary/aromatic N) is 2. The van der Waals surface area contributed by atoms with Crippen LogP contribution in [-0.2, 0) is 6.42 Å². The number of furan rings is 1. The van der Waals surface area contributed by atoms with E-state index in [0.717, 1.165) is 24.7 Å². The molecule has 5 atom stereocenters. The van der Waals surface area contributed by atoms with Crippen LogP contribution in [0.4, 0.5) is 0 Å². The monoisotopic (exact) mass is 439 g/mol. The third-order valence-electron chi connectivity index (χ3n) is 9.93. The van der Waals surface area contributed by atoms with Crippen molar-refractivity contribution in [1.29, 1.82) is 0 Å². The lowest BCUT2D eigenvalue weighted by molar-refractivity contribution is -0.153. The number of hydrogen-bond donors (Lipinski definition) is 1. The quantitative estimate of drug-likeness (QED) is 0.423. The third kappa shape index (κ3) is 4.03. The first-order valence-corrected chi connectivity index (χ1v) is 12.8. The maximum atomic E-state index is 6.15. The van der Waals surface area contributed by atoms with Gasteiger partial charge in [-0.25, -0.2) is 4.99 Å². The van der Waals surface area contributed by atoms with Crippen LogP contribution in [-0.4, -0.2) is 25.0 Å². The lowest BCUT2D eigenvalue weighted by Crippen LogP contribution is -2.58. The molecule has 0 saturated heterocycles. The van der Waals surface area contributed by atoms with Crippen molar-refractivity contribution in [3.63, 3.8) is 0 Å².